The Morgan fingerprint density at radius 2 is 2.08 bits per heavy atom. The fourth-order valence-electron chi connectivity index (χ4n) is 0.971. The summed E-state index contributed by atoms with van der Waals surface area (Å²) in [5, 5.41) is 0. The van der Waals surface area contributed by atoms with E-state index in [1.807, 2.05) is 13.8 Å². The van der Waals surface area contributed by atoms with E-state index in [2.05, 4.69) is 9.97 Å². The Morgan fingerprint density at radius 1 is 1.46 bits per heavy atom. The summed E-state index contributed by atoms with van der Waals surface area (Å²) in [6, 6.07) is 0. The van der Waals surface area contributed by atoms with Gasteiger partial charge in [-0.15, -0.1) is 0 Å². The van der Waals surface area contributed by atoms with Gasteiger partial charge in [0.05, 0.1) is 0 Å². The van der Waals surface area contributed by atoms with Crippen LogP contribution in [-0.4, -0.2) is 17.1 Å². The second-order valence-electron chi connectivity index (χ2n) is 3.04. The number of methoxy groups -OCH3 is 1. The Hall–Kier alpha value is -1.16. The molecule has 4 heteroatoms. The van der Waals surface area contributed by atoms with E-state index in [1.165, 1.54) is 0 Å². The Balaban J connectivity index is 3.21. The van der Waals surface area contributed by atoms with Crippen molar-refractivity contribution in [3.8, 4) is 0 Å². The van der Waals surface area contributed by atoms with Crippen molar-refractivity contribution in [1.29, 1.82) is 0 Å². The van der Waals surface area contributed by atoms with Crippen molar-refractivity contribution in [2.75, 3.05) is 7.11 Å². The maximum Gasteiger partial charge on any atom is 0.254 e. The SMILES string of the molecule is COC(C)c1nc(C)c(C)c(=O)[nH]1. The zero-order valence-electron chi connectivity index (χ0n) is 8.34. The van der Waals surface area contributed by atoms with Crippen LogP contribution in [0.25, 0.3) is 0 Å². The van der Waals surface area contributed by atoms with E-state index in [0.29, 0.717) is 11.4 Å². The molecule has 1 aromatic heterocycles. The highest BCUT2D eigenvalue weighted by atomic mass is 16.5. The fourth-order valence-corrected chi connectivity index (χ4v) is 0.971. The van der Waals surface area contributed by atoms with Crippen LogP contribution in [-0.2, 0) is 4.74 Å². The molecule has 1 N–H and O–H groups in total. The smallest absolute Gasteiger partial charge is 0.254 e. The first-order valence-electron chi connectivity index (χ1n) is 4.16. The molecule has 0 aromatic carbocycles. The molecule has 1 unspecified atom stereocenters. The second-order valence-corrected chi connectivity index (χ2v) is 3.04. The maximum atomic E-state index is 11.3. The third kappa shape index (κ3) is 1.95. The van der Waals surface area contributed by atoms with Gasteiger partial charge in [-0.25, -0.2) is 4.98 Å². The number of rotatable bonds is 2. The van der Waals surface area contributed by atoms with Gasteiger partial charge >= 0.3 is 0 Å². The number of aromatic amines is 1. The summed E-state index contributed by atoms with van der Waals surface area (Å²) < 4.78 is 5.05. The van der Waals surface area contributed by atoms with Gasteiger partial charge in [-0.3, -0.25) is 4.79 Å². The molecular weight excluding hydrogens is 168 g/mol. The van der Waals surface area contributed by atoms with Crippen molar-refractivity contribution < 1.29 is 4.74 Å². The molecule has 0 aliphatic carbocycles. The summed E-state index contributed by atoms with van der Waals surface area (Å²) in [6.45, 7) is 5.41. The van der Waals surface area contributed by atoms with Gasteiger partial charge in [-0.05, 0) is 20.8 Å². The van der Waals surface area contributed by atoms with E-state index in [1.54, 1.807) is 14.0 Å². The quantitative estimate of drug-likeness (QED) is 0.745. The average Bonchev–Trinajstić information content (AvgIpc) is 2.12. The van der Waals surface area contributed by atoms with Crippen LogP contribution in [0, 0.1) is 13.8 Å². The lowest BCUT2D eigenvalue weighted by Crippen LogP contribution is -2.18. The maximum absolute atomic E-state index is 11.3. The van der Waals surface area contributed by atoms with Gasteiger partial charge in [0.1, 0.15) is 11.9 Å². The highest BCUT2D eigenvalue weighted by Crippen LogP contribution is 2.09. The zero-order valence-corrected chi connectivity index (χ0v) is 8.34. The first-order valence-corrected chi connectivity index (χ1v) is 4.16. The van der Waals surface area contributed by atoms with Gasteiger partial charge in [0.2, 0.25) is 0 Å². The number of nitrogens with one attached hydrogen (secondary N) is 1. The monoisotopic (exact) mass is 182 g/mol. The van der Waals surface area contributed by atoms with Crippen molar-refractivity contribution >= 4 is 0 Å². The molecule has 0 fully saturated rings. The first-order chi connectivity index (χ1) is 6.06. The minimum atomic E-state index is -0.174. The number of aromatic nitrogens is 2. The molecule has 0 amide bonds. The number of nitrogens with zero attached hydrogens (tertiary/aromatic N) is 1. The molecule has 72 valence electrons. The summed E-state index contributed by atoms with van der Waals surface area (Å²) in [7, 11) is 1.58. The van der Waals surface area contributed by atoms with E-state index in [9.17, 15) is 4.79 Å². The third-order valence-electron chi connectivity index (χ3n) is 2.15. The van der Waals surface area contributed by atoms with Gasteiger partial charge < -0.3 is 9.72 Å². The number of ether oxygens (including phenoxy) is 1. The molecule has 4 nitrogen and oxygen atoms in total. The molecule has 1 rings (SSSR count). The predicted molar refractivity (Wildman–Crippen MR) is 49.8 cm³/mol. The summed E-state index contributed by atoms with van der Waals surface area (Å²) in [6.07, 6.45) is -0.174. The molecule has 1 aromatic rings. The molecule has 0 saturated carbocycles. The highest BCUT2D eigenvalue weighted by Gasteiger charge is 2.09. The van der Waals surface area contributed by atoms with Gasteiger partial charge in [0.15, 0.2) is 0 Å². The fraction of sp³-hybridized carbons (Fsp3) is 0.556. The van der Waals surface area contributed by atoms with Gasteiger partial charge in [-0.1, -0.05) is 0 Å². The summed E-state index contributed by atoms with van der Waals surface area (Å²) in [4.78, 5) is 18.2. The standard InChI is InChI=1S/C9H14N2O2/c1-5-6(2)10-8(7(3)13-4)11-9(5)12/h7H,1-4H3,(H,10,11,12). The normalized spacial score (nSPS) is 12.9. The molecule has 0 radical (unpaired) electrons. The van der Waals surface area contributed by atoms with Gasteiger partial charge in [0.25, 0.3) is 5.56 Å². The van der Waals surface area contributed by atoms with Crippen molar-refractivity contribution in [3.05, 3.63) is 27.4 Å². The number of hydrogen-bond donors (Lipinski definition) is 1. The topological polar surface area (TPSA) is 55.0 Å². The Bertz CT molecular complexity index is 357. The van der Waals surface area contributed by atoms with Crippen molar-refractivity contribution in [3.63, 3.8) is 0 Å². The molecule has 1 heterocycles. The number of hydrogen-bond acceptors (Lipinski definition) is 3. The van der Waals surface area contributed by atoms with E-state index in [0.717, 1.165) is 5.69 Å². The minimum absolute atomic E-state index is 0.0913. The second kappa shape index (κ2) is 3.70. The van der Waals surface area contributed by atoms with Gasteiger partial charge in [0, 0.05) is 18.4 Å². The molecule has 0 bridgehead atoms. The lowest BCUT2D eigenvalue weighted by molar-refractivity contribution is 0.111. The van der Waals surface area contributed by atoms with Crippen LogP contribution >= 0.6 is 0 Å². The molecule has 1 atom stereocenters. The van der Waals surface area contributed by atoms with Crippen LogP contribution in [0.5, 0.6) is 0 Å². The van der Waals surface area contributed by atoms with E-state index in [-0.39, 0.29) is 11.7 Å². The Labute approximate surface area is 77.0 Å². The summed E-state index contributed by atoms with van der Waals surface area (Å²) in [5.74, 6) is 0.579. The van der Waals surface area contributed by atoms with E-state index < -0.39 is 0 Å². The molecular formula is C9H14N2O2. The van der Waals surface area contributed by atoms with Crippen LogP contribution < -0.4 is 5.56 Å². The average molecular weight is 182 g/mol. The van der Waals surface area contributed by atoms with Crippen LogP contribution in [0.15, 0.2) is 4.79 Å². The molecule has 13 heavy (non-hydrogen) atoms. The number of aryl methyl sites for hydroxylation is 1. The van der Waals surface area contributed by atoms with Crippen molar-refractivity contribution in [2.45, 2.75) is 26.9 Å². The molecule has 0 aliphatic rings. The van der Waals surface area contributed by atoms with Crippen LogP contribution in [0.1, 0.15) is 30.1 Å². The van der Waals surface area contributed by atoms with Crippen molar-refractivity contribution in [2.24, 2.45) is 0 Å². The Kier molecular flexibility index (Phi) is 2.83. The summed E-state index contributed by atoms with van der Waals surface area (Å²) in [5.41, 5.74) is 1.32. The first kappa shape index (κ1) is 9.92. The predicted octanol–water partition coefficient (Wildman–Crippen LogP) is 1.09. The molecule has 0 spiro atoms. The summed E-state index contributed by atoms with van der Waals surface area (Å²) >= 11 is 0. The van der Waals surface area contributed by atoms with Gasteiger partial charge in [-0.2, -0.15) is 0 Å². The third-order valence-corrected chi connectivity index (χ3v) is 2.15. The lowest BCUT2D eigenvalue weighted by atomic mass is 10.2. The van der Waals surface area contributed by atoms with Crippen LogP contribution in [0.3, 0.4) is 0 Å². The minimum Gasteiger partial charge on any atom is -0.374 e. The van der Waals surface area contributed by atoms with Crippen LogP contribution in [0.4, 0.5) is 0 Å². The van der Waals surface area contributed by atoms with Crippen molar-refractivity contribution in [1.82, 2.24) is 9.97 Å². The number of H-pyrrole nitrogens is 1. The Morgan fingerprint density at radius 3 is 2.54 bits per heavy atom. The van der Waals surface area contributed by atoms with E-state index >= 15 is 0 Å². The molecule has 0 aliphatic heterocycles. The highest BCUT2D eigenvalue weighted by molar-refractivity contribution is 5.14. The largest absolute Gasteiger partial charge is 0.374 e. The molecule has 0 saturated heterocycles. The zero-order chi connectivity index (χ0) is 10.0. The van der Waals surface area contributed by atoms with Crippen LogP contribution in [0.2, 0.25) is 0 Å². The van der Waals surface area contributed by atoms with E-state index in [4.69, 9.17) is 4.74 Å². The lowest BCUT2D eigenvalue weighted by Gasteiger charge is -2.09.